The fraction of sp³-hybridized carbons (Fsp3) is 0.909. The monoisotopic (exact) mass is 247 g/mol. The minimum Gasteiger partial charge on any atom is -0.352 e. The molecule has 0 aromatic heterocycles. The van der Waals surface area contributed by atoms with Crippen LogP contribution in [0.5, 0.6) is 0 Å². The van der Waals surface area contributed by atoms with Crippen LogP contribution in [0.2, 0.25) is 0 Å². The van der Waals surface area contributed by atoms with Crippen molar-refractivity contribution in [1.29, 1.82) is 0 Å². The van der Waals surface area contributed by atoms with Crippen LogP contribution in [0.1, 0.15) is 46.0 Å². The SMILES string of the molecule is CC(C)(C(=O)NC1CCCCC1)S(C)(=O)=O. The van der Waals surface area contributed by atoms with Crippen molar-refractivity contribution in [2.75, 3.05) is 6.26 Å². The summed E-state index contributed by atoms with van der Waals surface area (Å²) in [5, 5.41) is 2.85. The lowest BCUT2D eigenvalue weighted by Crippen LogP contribution is -2.51. The van der Waals surface area contributed by atoms with Gasteiger partial charge < -0.3 is 5.32 Å². The first kappa shape index (κ1) is 13.5. The fourth-order valence-corrected chi connectivity index (χ4v) is 2.17. The number of rotatable bonds is 3. The normalized spacial score (nSPS) is 19.4. The molecule has 5 heteroatoms. The van der Waals surface area contributed by atoms with Gasteiger partial charge >= 0.3 is 0 Å². The lowest BCUT2D eigenvalue weighted by molar-refractivity contribution is -0.123. The molecule has 1 aliphatic carbocycles. The van der Waals surface area contributed by atoms with Gasteiger partial charge in [-0.25, -0.2) is 8.42 Å². The van der Waals surface area contributed by atoms with Crippen LogP contribution >= 0.6 is 0 Å². The topological polar surface area (TPSA) is 63.2 Å². The Labute approximate surface area is 97.7 Å². The molecule has 0 radical (unpaired) electrons. The Morgan fingerprint density at radius 3 is 2.12 bits per heavy atom. The summed E-state index contributed by atoms with van der Waals surface area (Å²) < 4.78 is 21.6. The van der Waals surface area contributed by atoms with Gasteiger partial charge in [0.2, 0.25) is 5.91 Å². The van der Waals surface area contributed by atoms with E-state index in [9.17, 15) is 13.2 Å². The molecule has 0 unspecified atom stereocenters. The molecule has 1 saturated carbocycles. The number of carbonyl (C=O) groups is 1. The lowest BCUT2D eigenvalue weighted by atomic mass is 9.95. The van der Waals surface area contributed by atoms with Crippen molar-refractivity contribution in [1.82, 2.24) is 5.32 Å². The van der Waals surface area contributed by atoms with Crippen LogP contribution < -0.4 is 5.32 Å². The molecule has 4 nitrogen and oxygen atoms in total. The fourth-order valence-electron chi connectivity index (χ4n) is 1.77. The van der Waals surface area contributed by atoms with E-state index in [0.29, 0.717) is 0 Å². The summed E-state index contributed by atoms with van der Waals surface area (Å²) in [4.78, 5) is 11.9. The molecular formula is C11H21NO3S. The van der Waals surface area contributed by atoms with Crippen LogP contribution in [-0.4, -0.2) is 31.4 Å². The largest absolute Gasteiger partial charge is 0.352 e. The predicted molar refractivity (Wildman–Crippen MR) is 63.9 cm³/mol. The van der Waals surface area contributed by atoms with Gasteiger partial charge in [0.25, 0.3) is 0 Å². The lowest BCUT2D eigenvalue weighted by Gasteiger charge is -2.28. The van der Waals surface area contributed by atoms with Crippen molar-refractivity contribution in [3.63, 3.8) is 0 Å². The zero-order chi connectivity index (χ0) is 12.4. The summed E-state index contributed by atoms with van der Waals surface area (Å²) in [7, 11) is -3.36. The van der Waals surface area contributed by atoms with Gasteiger partial charge in [-0.15, -0.1) is 0 Å². The third-order valence-electron chi connectivity index (χ3n) is 3.41. The highest BCUT2D eigenvalue weighted by molar-refractivity contribution is 7.92. The molecule has 1 aliphatic rings. The summed E-state index contributed by atoms with van der Waals surface area (Å²) in [6.45, 7) is 2.92. The summed E-state index contributed by atoms with van der Waals surface area (Å²) in [5.41, 5.74) is 0. The number of sulfone groups is 1. The van der Waals surface area contributed by atoms with Gasteiger partial charge in [0.1, 0.15) is 4.75 Å². The smallest absolute Gasteiger partial charge is 0.241 e. The molecule has 1 rings (SSSR count). The van der Waals surface area contributed by atoms with E-state index in [2.05, 4.69) is 5.32 Å². The molecule has 1 fully saturated rings. The minimum atomic E-state index is -3.36. The quantitative estimate of drug-likeness (QED) is 0.816. The molecule has 0 aliphatic heterocycles. The molecule has 16 heavy (non-hydrogen) atoms. The maximum absolute atomic E-state index is 11.9. The predicted octanol–water partition coefficient (Wildman–Crippen LogP) is 1.26. The number of amides is 1. The zero-order valence-electron chi connectivity index (χ0n) is 10.2. The van der Waals surface area contributed by atoms with Crippen molar-refractivity contribution in [3.05, 3.63) is 0 Å². The Morgan fingerprint density at radius 1 is 1.19 bits per heavy atom. The Hall–Kier alpha value is -0.580. The van der Waals surface area contributed by atoms with Crippen LogP contribution in [0.15, 0.2) is 0 Å². The average Bonchev–Trinajstić information content (AvgIpc) is 2.17. The number of nitrogens with one attached hydrogen (secondary N) is 1. The highest BCUT2D eigenvalue weighted by atomic mass is 32.2. The van der Waals surface area contributed by atoms with E-state index >= 15 is 0 Å². The highest BCUT2D eigenvalue weighted by Gasteiger charge is 2.39. The number of hydrogen-bond acceptors (Lipinski definition) is 3. The van der Waals surface area contributed by atoms with E-state index in [1.165, 1.54) is 20.3 Å². The molecule has 94 valence electrons. The van der Waals surface area contributed by atoms with Gasteiger partial charge in [-0.3, -0.25) is 4.79 Å². The molecule has 0 bridgehead atoms. The second-order valence-electron chi connectivity index (χ2n) is 5.09. The van der Waals surface area contributed by atoms with E-state index in [4.69, 9.17) is 0 Å². The average molecular weight is 247 g/mol. The van der Waals surface area contributed by atoms with Gasteiger partial charge in [-0.1, -0.05) is 19.3 Å². The minimum absolute atomic E-state index is 0.155. The van der Waals surface area contributed by atoms with Crippen LogP contribution in [-0.2, 0) is 14.6 Å². The molecule has 0 atom stereocenters. The van der Waals surface area contributed by atoms with Crippen molar-refractivity contribution in [3.8, 4) is 0 Å². The number of hydrogen-bond donors (Lipinski definition) is 1. The van der Waals surface area contributed by atoms with E-state index in [0.717, 1.165) is 31.9 Å². The van der Waals surface area contributed by atoms with Gasteiger partial charge in [0.15, 0.2) is 9.84 Å². The van der Waals surface area contributed by atoms with Crippen molar-refractivity contribution in [2.24, 2.45) is 0 Å². The second kappa shape index (κ2) is 4.73. The van der Waals surface area contributed by atoms with Crippen LogP contribution in [0, 0.1) is 0 Å². The Bertz CT molecular complexity index is 353. The van der Waals surface area contributed by atoms with Crippen molar-refractivity contribution in [2.45, 2.75) is 56.7 Å². The zero-order valence-corrected chi connectivity index (χ0v) is 11.1. The van der Waals surface area contributed by atoms with Gasteiger partial charge in [-0.05, 0) is 26.7 Å². The first-order chi connectivity index (χ1) is 7.25. The van der Waals surface area contributed by atoms with Gasteiger partial charge in [0, 0.05) is 12.3 Å². The molecule has 0 heterocycles. The standard InChI is InChI=1S/C11H21NO3S/c1-11(2,16(3,14)15)10(13)12-9-7-5-4-6-8-9/h9H,4-8H2,1-3H3,(H,12,13). The van der Waals surface area contributed by atoms with Crippen LogP contribution in [0.3, 0.4) is 0 Å². The Balaban J connectivity index is 2.64. The summed E-state index contributed by atoms with van der Waals surface area (Å²) >= 11 is 0. The Kier molecular flexibility index (Phi) is 3.99. The summed E-state index contributed by atoms with van der Waals surface area (Å²) in [5.74, 6) is -0.373. The highest BCUT2D eigenvalue weighted by Crippen LogP contribution is 2.20. The van der Waals surface area contributed by atoms with E-state index in [1.807, 2.05) is 0 Å². The molecule has 0 spiro atoms. The Morgan fingerprint density at radius 2 is 1.69 bits per heavy atom. The van der Waals surface area contributed by atoms with Gasteiger partial charge in [0.05, 0.1) is 0 Å². The van der Waals surface area contributed by atoms with E-state index < -0.39 is 14.6 Å². The summed E-state index contributed by atoms with van der Waals surface area (Å²) in [6.07, 6.45) is 6.47. The number of carbonyl (C=O) groups excluding carboxylic acids is 1. The van der Waals surface area contributed by atoms with E-state index in [-0.39, 0.29) is 11.9 Å². The third kappa shape index (κ3) is 2.97. The van der Waals surface area contributed by atoms with E-state index in [1.54, 1.807) is 0 Å². The molecule has 1 amide bonds. The molecule has 0 aromatic rings. The summed E-state index contributed by atoms with van der Waals surface area (Å²) in [6, 6.07) is 0.155. The molecule has 0 aromatic carbocycles. The first-order valence-corrected chi connectivity index (χ1v) is 7.65. The molecule has 0 saturated heterocycles. The van der Waals surface area contributed by atoms with Gasteiger partial charge in [-0.2, -0.15) is 0 Å². The van der Waals surface area contributed by atoms with Crippen LogP contribution in [0.4, 0.5) is 0 Å². The van der Waals surface area contributed by atoms with Crippen molar-refractivity contribution < 1.29 is 13.2 Å². The molecule has 1 N–H and O–H groups in total. The van der Waals surface area contributed by atoms with Crippen molar-refractivity contribution >= 4 is 15.7 Å². The first-order valence-electron chi connectivity index (χ1n) is 5.76. The maximum Gasteiger partial charge on any atom is 0.241 e. The maximum atomic E-state index is 11.9. The third-order valence-corrected chi connectivity index (χ3v) is 5.45. The molecular weight excluding hydrogens is 226 g/mol. The second-order valence-corrected chi connectivity index (χ2v) is 7.66. The van der Waals surface area contributed by atoms with Crippen LogP contribution in [0.25, 0.3) is 0 Å².